The highest BCUT2D eigenvalue weighted by molar-refractivity contribution is 5.96. The van der Waals surface area contributed by atoms with E-state index in [-0.39, 0.29) is 4.87 Å². The minimum absolute atomic E-state index is 0.176. The van der Waals surface area contributed by atoms with E-state index in [1.165, 1.54) is 0 Å². The Labute approximate surface area is 54.1 Å². The Morgan fingerprint density at radius 3 is 2.60 bits per heavy atom. The van der Waals surface area contributed by atoms with Gasteiger partial charge in [0.05, 0.1) is 4.91 Å². The molecule has 1 unspecified atom stereocenters. The smallest absolute Gasteiger partial charge is 0.428 e. The predicted molar refractivity (Wildman–Crippen MR) is 24.3 cm³/mol. The summed E-state index contributed by atoms with van der Waals surface area (Å²) < 4.78 is 0. The summed E-state index contributed by atoms with van der Waals surface area (Å²) in [5, 5.41) is 8.17. The van der Waals surface area contributed by atoms with Crippen LogP contribution in [0.25, 0.3) is 0 Å². The van der Waals surface area contributed by atoms with E-state index < -0.39 is 18.0 Å². The van der Waals surface area contributed by atoms with Gasteiger partial charge in [0.15, 0.2) is 4.87 Å². The van der Waals surface area contributed by atoms with E-state index in [9.17, 15) is 14.5 Å². The van der Waals surface area contributed by atoms with E-state index in [1.807, 2.05) is 0 Å². The summed E-state index contributed by atoms with van der Waals surface area (Å²) in [7, 11) is 0. The molecule has 1 rings (SSSR count). The van der Waals surface area contributed by atoms with Crippen LogP contribution in [0.4, 0.5) is 0 Å². The SMILES string of the molecule is O=C(O)C1C(=O)ON[N+]1=O. The lowest BCUT2D eigenvalue weighted by Crippen LogP contribution is -2.34. The molecule has 7 nitrogen and oxygen atoms in total. The van der Waals surface area contributed by atoms with Gasteiger partial charge < -0.3 is 5.11 Å². The number of carboxylic acids is 1. The molecule has 0 aromatic rings. The Morgan fingerprint density at radius 1 is 1.80 bits per heavy atom. The van der Waals surface area contributed by atoms with Gasteiger partial charge in [0.1, 0.15) is 0 Å². The fourth-order valence-electron chi connectivity index (χ4n) is 0.495. The third kappa shape index (κ3) is 0.768. The van der Waals surface area contributed by atoms with Crippen molar-refractivity contribution in [2.45, 2.75) is 6.04 Å². The van der Waals surface area contributed by atoms with Gasteiger partial charge in [0.2, 0.25) is 0 Å². The summed E-state index contributed by atoms with van der Waals surface area (Å²) in [5.74, 6) is -2.65. The molecule has 10 heavy (non-hydrogen) atoms. The minimum atomic E-state index is -1.78. The number of aliphatic carboxylic acids is 1. The third-order valence-corrected chi connectivity index (χ3v) is 0.928. The molecule has 1 heterocycles. The van der Waals surface area contributed by atoms with Crippen molar-refractivity contribution < 1.29 is 24.4 Å². The zero-order valence-corrected chi connectivity index (χ0v) is 4.60. The Balaban J connectivity index is 2.82. The van der Waals surface area contributed by atoms with Crippen LogP contribution in [0.15, 0.2) is 0 Å². The molecule has 2 N–H and O–H groups in total. The molecule has 0 aromatic heterocycles. The first kappa shape index (κ1) is 6.46. The van der Waals surface area contributed by atoms with Crippen molar-refractivity contribution in [2.75, 3.05) is 0 Å². The third-order valence-electron chi connectivity index (χ3n) is 0.928. The molecule has 0 saturated carbocycles. The van der Waals surface area contributed by atoms with Crippen LogP contribution >= 0.6 is 0 Å². The molecule has 54 valence electrons. The van der Waals surface area contributed by atoms with Gasteiger partial charge in [-0.15, -0.1) is 0 Å². The second-order valence-corrected chi connectivity index (χ2v) is 1.58. The van der Waals surface area contributed by atoms with Crippen LogP contribution in [0.5, 0.6) is 0 Å². The molecule has 1 aliphatic rings. The summed E-state index contributed by atoms with van der Waals surface area (Å²) in [6.07, 6.45) is 0. The predicted octanol–water partition coefficient (Wildman–Crippen LogP) is -1.81. The number of carbonyl (C=O) groups excluding carboxylic acids is 1. The Morgan fingerprint density at radius 2 is 2.40 bits per heavy atom. The second-order valence-electron chi connectivity index (χ2n) is 1.58. The Kier molecular flexibility index (Phi) is 1.25. The highest BCUT2D eigenvalue weighted by atomic mass is 16.8. The normalized spacial score (nSPS) is 23.8. The first-order chi connectivity index (χ1) is 4.63. The van der Waals surface area contributed by atoms with Crippen LogP contribution in [0.2, 0.25) is 0 Å². The fourth-order valence-corrected chi connectivity index (χ4v) is 0.495. The molecule has 0 aliphatic carbocycles. The van der Waals surface area contributed by atoms with Crippen molar-refractivity contribution in [1.29, 1.82) is 0 Å². The van der Waals surface area contributed by atoms with Gasteiger partial charge in [-0.2, -0.15) is 0 Å². The van der Waals surface area contributed by atoms with Gasteiger partial charge in [0, 0.05) is 5.59 Å². The van der Waals surface area contributed by atoms with Crippen molar-refractivity contribution in [2.24, 2.45) is 0 Å². The lowest BCUT2D eigenvalue weighted by atomic mass is 10.3. The summed E-state index contributed by atoms with van der Waals surface area (Å²) in [5.41, 5.74) is 1.55. The largest absolute Gasteiger partial charge is 0.476 e. The van der Waals surface area contributed by atoms with Crippen molar-refractivity contribution >= 4 is 11.9 Å². The fraction of sp³-hybridized carbons (Fsp3) is 0.333. The summed E-state index contributed by atoms with van der Waals surface area (Å²) in [6.45, 7) is 0. The quantitative estimate of drug-likeness (QED) is 0.335. The number of nitrogens with zero attached hydrogens (tertiary/aromatic N) is 1. The van der Waals surface area contributed by atoms with Gasteiger partial charge in [-0.05, 0) is 0 Å². The number of nitroso groups, excluding NO2 is 1. The maximum Gasteiger partial charge on any atom is 0.428 e. The van der Waals surface area contributed by atoms with Crippen LogP contribution < -0.4 is 5.59 Å². The first-order valence-corrected chi connectivity index (χ1v) is 2.28. The van der Waals surface area contributed by atoms with Gasteiger partial charge in [-0.3, -0.25) is 4.84 Å². The number of nitrogens with one attached hydrogen (secondary N) is 1. The Bertz CT molecular complexity index is 195. The summed E-state index contributed by atoms with van der Waals surface area (Å²) in [6, 6.07) is -1.78. The number of hydrogen-bond donors (Lipinski definition) is 2. The van der Waals surface area contributed by atoms with Crippen LogP contribution in [-0.4, -0.2) is 28.0 Å². The lowest BCUT2D eigenvalue weighted by molar-refractivity contribution is -0.634. The average molecular weight is 147 g/mol. The molecular formula is C3H3N2O5+. The molecule has 0 spiro atoms. The van der Waals surface area contributed by atoms with E-state index >= 15 is 0 Å². The zero-order chi connectivity index (χ0) is 7.72. The molecule has 1 aliphatic heterocycles. The molecule has 0 amide bonds. The van der Waals surface area contributed by atoms with Crippen LogP contribution in [-0.2, 0) is 14.4 Å². The lowest BCUT2D eigenvalue weighted by Gasteiger charge is -1.82. The van der Waals surface area contributed by atoms with E-state index in [1.54, 1.807) is 5.59 Å². The van der Waals surface area contributed by atoms with E-state index in [2.05, 4.69) is 4.84 Å². The summed E-state index contributed by atoms with van der Waals surface area (Å²) >= 11 is 0. The van der Waals surface area contributed by atoms with Gasteiger partial charge in [-0.25, -0.2) is 9.59 Å². The van der Waals surface area contributed by atoms with Crippen LogP contribution in [0.3, 0.4) is 0 Å². The van der Waals surface area contributed by atoms with Crippen LogP contribution in [0, 0.1) is 4.91 Å². The second kappa shape index (κ2) is 1.94. The number of hydrazine groups is 1. The number of carboxylic acid groups (broad SMARTS) is 1. The maximum atomic E-state index is 10.3. The van der Waals surface area contributed by atoms with E-state index in [0.29, 0.717) is 0 Å². The molecule has 1 fully saturated rings. The van der Waals surface area contributed by atoms with Gasteiger partial charge >= 0.3 is 18.0 Å². The molecule has 0 radical (unpaired) electrons. The zero-order valence-electron chi connectivity index (χ0n) is 4.60. The topological polar surface area (TPSA) is 95.7 Å². The first-order valence-electron chi connectivity index (χ1n) is 2.28. The van der Waals surface area contributed by atoms with Gasteiger partial charge in [0.25, 0.3) is 0 Å². The molecule has 0 aromatic carbocycles. The maximum absolute atomic E-state index is 10.3. The van der Waals surface area contributed by atoms with Gasteiger partial charge in [-0.1, -0.05) is 0 Å². The molecule has 1 saturated heterocycles. The average Bonchev–Trinajstić information content (AvgIpc) is 2.11. The standard InChI is InChI=1S/C3H2N2O5/c6-2(7)1-3(8)10-4-5(1)9/h1H,(H-,4,6,7,9)/p+1. The van der Waals surface area contributed by atoms with Crippen molar-refractivity contribution in [1.82, 2.24) is 5.59 Å². The van der Waals surface area contributed by atoms with Crippen molar-refractivity contribution in [3.63, 3.8) is 0 Å². The molecule has 7 heteroatoms. The molecular weight excluding hydrogens is 144 g/mol. The van der Waals surface area contributed by atoms with Crippen LogP contribution in [0.1, 0.15) is 0 Å². The highest BCUT2D eigenvalue weighted by Gasteiger charge is 2.51. The van der Waals surface area contributed by atoms with Crippen molar-refractivity contribution in [3.8, 4) is 0 Å². The highest BCUT2D eigenvalue weighted by Crippen LogP contribution is 1.98. The monoisotopic (exact) mass is 147 g/mol. The molecule has 0 bridgehead atoms. The summed E-state index contributed by atoms with van der Waals surface area (Å²) in [4.78, 5) is 34.4. The molecule has 1 atom stereocenters. The number of carbonyl (C=O) groups is 2. The Hall–Kier alpha value is -1.66. The minimum Gasteiger partial charge on any atom is -0.476 e. The van der Waals surface area contributed by atoms with E-state index in [0.717, 1.165) is 0 Å². The van der Waals surface area contributed by atoms with E-state index in [4.69, 9.17) is 5.11 Å². The number of rotatable bonds is 1. The number of hydrogen-bond acceptors (Lipinski definition) is 4. The van der Waals surface area contributed by atoms with Crippen molar-refractivity contribution in [3.05, 3.63) is 4.91 Å².